The highest BCUT2D eigenvalue weighted by Gasteiger charge is 2.09. The van der Waals surface area contributed by atoms with Crippen LogP contribution in [0.4, 0.5) is 0 Å². The number of hydrogen-bond donors (Lipinski definition) is 1. The lowest BCUT2D eigenvalue weighted by Gasteiger charge is -2.03. The van der Waals surface area contributed by atoms with Crippen LogP contribution in [0, 0.1) is 0 Å². The van der Waals surface area contributed by atoms with Crippen LogP contribution in [-0.4, -0.2) is 27.2 Å². The second-order valence-electron chi connectivity index (χ2n) is 5.81. The average molecular weight is 419 g/mol. The molecule has 0 bridgehead atoms. The Morgan fingerprint density at radius 2 is 2.28 bits per heavy atom. The first-order chi connectivity index (χ1) is 12.1. The molecule has 1 N–H and O–H groups in total. The van der Waals surface area contributed by atoms with E-state index in [1.54, 1.807) is 16.0 Å². The van der Waals surface area contributed by atoms with Crippen molar-refractivity contribution in [3.8, 4) is 10.6 Å². The number of carbonyl (C=O) groups excluding carboxylic acids is 1. The lowest BCUT2D eigenvalue weighted by Crippen LogP contribution is -2.26. The summed E-state index contributed by atoms with van der Waals surface area (Å²) in [5, 5.41) is 9.98. The fourth-order valence-corrected chi connectivity index (χ4v) is 3.71. The number of amides is 1. The second kappa shape index (κ2) is 8.40. The van der Waals surface area contributed by atoms with E-state index in [9.17, 15) is 4.79 Å². The summed E-state index contributed by atoms with van der Waals surface area (Å²) in [5.41, 5.74) is 3.06. The van der Waals surface area contributed by atoms with Crippen LogP contribution in [0.15, 0.2) is 46.5 Å². The molecule has 7 heteroatoms. The van der Waals surface area contributed by atoms with Crippen LogP contribution >= 0.6 is 27.3 Å². The monoisotopic (exact) mass is 418 g/mol. The smallest absolute Gasteiger partial charge is 0.226 e. The Hall–Kier alpha value is -1.99. The molecule has 0 spiro atoms. The standard InChI is InChI=1S/C18H19BrN4OS/c1-23-11-13(10-21-23)4-3-7-20-17(24)9-16-12-25-18(22-16)14-5-2-6-15(19)8-14/h2,5-6,8,10-12H,3-4,7,9H2,1H3,(H,20,24). The van der Waals surface area contributed by atoms with E-state index >= 15 is 0 Å². The largest absolute Gasteiger partial charge is 0.356 e. The van der Waals surface area contributed by atoms with Gasteiger partial charge in [-0.25, -0.2) is 4.98 Å². The maximum absolute atomic E-state index is 12.1. The summed E-state index contributed by atoms with van der Waals surface area (Å²) in [7, 11) is 1.90. The summed E-state index contributed by atoms with van der Waals surface area (Å²) in [6, 6.07) is 8.01. The zero-order valence-electron chi connectivity index (χ0n) is 13.9. The average Bonchev–Trinajstić information content (AvgIpc) is 3.21. The number of carbonyl (C=O) groups is 1. The Bertz CT molecular complexity index is 858. The SMILES string of the molecule is Cn1cc(CCCNC(=O)Cc2csc(-c3cccc(Br)c3)n2)cn1. The number of rotatable bonds is 7. The van der Waals surface area contributed by atoms with Crippen molar-refractivity contribution < 1.29 is 4.79 Å². The van der Waals surface area contributed by atoms with Crippen molar-refractivity contribution in [2.24, 2.45) is 7.05 Å². The van der Waals surface area contributed by atoms with Crippen LogP contribution in [0.1, 0.15) is 17.7 Å². The Balaban J connectivity index is 1.45. The van der Waals surface area contributed by atoms with Gasteiger partial charge in [-0.1, -0.05) is 28.1 Å². The second-order valence-corrected chi connectivity index (χ2v) is 7.58. The first-order valence-electron chi connectivity index (χ1n) is 8.05. The van der Waals surface area contributed by atoms with Gasteiger partial charge in [0.15, 0.2) is 0 Å². The highest BCUT2D eigenvalue weighted by atomic mass is 79.9. The Morgan fingerprint density at radius 3 is 3.04 bits per heavy atom. The van der Waals surface area contributed by atoms with Crippen molar-refractivity contribution in [1.29, 1.82) is 0 Å². The highest BCUT2D eigenvalue weighted by Crippen LogP contribution is 2.26. The van der Waals surface area contributed by atoms with Crippen molar-refractivity contribution in [1.82, 2.24) is 20.1 Å². The van der Waals surface area contributed by atoms with Gasteiger partial charge < -0.3 is 5.32 Å². The van der Waals surface area contributed by atoms with E-state index in [2.05, 4.69) is 31.3 Å². The third kappa shape index (κ3) is 5.24. The number of nitrogens with one attached hydrogen (secondary N) is 1. The number of thiazole rings is 1. The van der Waals surface area contributed by atoms with E-state index < -0.39 is 0 Å². The van der Waals surface area contributed by atoms with Gasteiger partial charge in [0.05, 0.1) is 18.3 Å². The predicted molar refractivity (Wildman–Crippen MR) is 103 cm³/mol. The van der Waals surface area contributed by atoms with Crippen LogP contribution < -0.4 is 5.32 Å². The number of aryl methyl sites for hydroxylation is 2. The molecule has 2 aromatic heterocycles. The predicted octanol–water partition coefficient (Wildman–Crippen LogP) is 3.60. The van der Waals surface area contributed by atoms with Gasteiger partial charge in [-0.15, -0.1) is 11.3 Å². The number of halogens is 1. The molecule has 1 amide bonds. The molecule has 0 radical (unpaired) electrons. The van der Waals surface area contributed by atoms with Crippen molar-refractivity contribution in [2.45, 2.75) is 19.3 Å². The van der Waals surface area contributed by atoms with E-state index in [-0.39, 0.29) is 5.91 Å². The molecule has 3 aromatic rings. The molecule has 130 valence electrons. The molecule has 0 aliphatic carbocycles. The molecule has 0 aliphatic heterocycles. The van der Waals surface area contributed by atoms with Crippen LogP contribution in [0.5, 0.6) is 0 Å². The van der Waals surface area contributed by atoms with Crippen molar-refractivity contribution in [2.75, 3.05) is 6.54 Å². The lowest BCUT2D eigenvalue weighted by atomic mass is 10.2. The molecule has 1 aromatic carbocycles. The van der Waals surface area contributed by atoms with Gasteiger partial charge >= 0.3 is 0 Å². The number of hydrogen-bond acceptors (Lipinski definition) is 4. The highest BCUT2D eigenvalue weighted by molar-refractivity contribution is 9.10. The summed E-state index contributed by atoms with van der Waals surface area (Å²) >= 11 is 5.03. The molecule has 0 unspecified atom stereocenters. The van der Waals surface area contributed by atoms with E-state index in [0.717, 1.165) is 33.6 Å². The van der Waals surface area contributed by atoms with Gasteiger partial charge in [0.25, 0.3) is 0 Å². The summed E-state index contributed by atoms with van der Waals surface area (Å²) < 4.78 is 2.81. The molecule has 0 saturated heterocycles. The van der Waals surface area contributed by atoms with Crippen LogP contribution in [0.2, 0.25) is 0 Å². The Morgan fingerprint density at radius 1 is 1.40 bits per heavy atom. The van der Waals surface area contributed by atoms with Crippen LogP contribution in [0.25, 0.3) is 10.6 Å². The van der Waals surface area contributed by atoms with Crippen molar-refractivity contribution in [3.63, 3.8) is 0 Å². The topological polar surface area (TPSA) is 59.8 Å². The van der Waals surface area contributed by atoms with E-state index in [4.69, 9.17) is 0 Å². The minimum atomic E-state index is 0.0114. The quantitative estimate of drug-likeness (QED) is 0.596. The third-order valence-corrected chi connectivity index (χ3v) is 5.12. The van der Waals surface area contributed by atoms with Crippen molar-refractivity contribution >= 4 is 33.2 Å². The zero-order chi connectivity index (χ0) is 17.6. The molecule has 0 saturated carbocycles. The Kier molecular flexibility index (Phi) is 5.99. The summed E-state index contributed by atoms with van der Waals surface area (Å²) in [6.45, 7) is 0.663. The molecule has 3 rings (SSSR count). The van der Waals surface area contributed by atoms with Crippen LogP contribution in [0.3, 0.4) is 0 Å². The fraction of sp³-hybridized carbons (Fsp3) is 0.278. The fourth-order valence-electron chi connectivity index (χ4n) is 2.49. The van der Waals surface area contributed by atoms with Crippen LogP contribution in [-0.2, 0) is 24.7 Å². The minimum absolute atomic E-state index is 0.0114. The maximum atomic E-state index is 12.1. The molecular weight excluding hydrogens is 400 g/mol. The van der Waals surface area contributed by atoms with Gasteiger partial charge in [-0.2, -0.15) is 5.10 Å². The molecule has 25 heavy (non-hydrogen) atoms. The Labute approximate surface area is 159 Å². The minimum Gasteiger partial charge on any atom is -0.356 e. The molecule has 2 heterocycles. The van der Waals surface area contributed by atoms with Gasteiger partial charge in [0.2, 0.25) is 5.91 Å². The van der Waals surface area contributed by atoms with Gasteiger partial charge in [-0.3, -0.25) is 9.48 Å². The normalized spacial score (nSPS) is 10.8. The molecule has 0 fully saturated rings. The van der Waals surface area contributed by atoms with Crippen molar-refractivity contribution in [3.05, 3.63) is 57.8 Å². The lowest BCUT2D eigenvalue weighted by molar-refractivity contribution is -0.120. The number of aromatic nitrogens is 3. The van der Waals surface area contributed by atoms with Gasteiger partial charge in [-0.05, 0) is 30.5 Å². The molecule has 5 nitrogen and oxygen atoms in total. The zero-order valence-corrected chi connectivity index (χ0v) is 16.3. The third-order valence-electron chi connectivity index (χ3n) is 3.69. The van der Waals surface area contributed by atoms with E-state index in [1.807, 2.05) is 49.1 Å². The first kappa shape index (κ1) is 17.8. The molecule has 0 aliphatic rings. The summed E-state index contributed by atoms with van der Waals surface area (Å²) in [6.07, 6.45) is 5.99. The number of benzene rings is 1. The first-order valence-corrected chi connectivity index (χ1v) is 9.72. The summed E-state index contributed by atoms with van der Waals surface area (Å²) in [4.78, 5) is 16.6. The molecular formula is C18H19BrN4OS. The maximum Gasteiger partial charge on any atom is 0.226 e. The van der Waals surface area contributed by atoms with E-state index in [0.29, 0.717) is 13.0 Å². The van der Waals surface area contributed by atoms with Gasteiger partial charge in [0.1, 0.15) is 5.01 Å². The number of nitrogens with zero attached hydrogens (tertiary/aromatic N) is 3. The molecule has 0 atom stereocenters. The van der Waals surface area contributed by atoms with E-state index in [1.165, 1.54) is 5.56 Å². The van der Waals surface area contributed by atoms with Gasteiger partial charge in [0, 0.05) is 35.2 Å². The summed E-state index contributed by atoms with van der Waals surface area (Å²) in [5.74, 6) is 0.0114.